The average molecular weight is 336 g/mol. The minimum absolute atomic E-state index is 0.0853. The monoisotopic (exact) mass is 336 g/mol. The van der Waals surface area contributed by atoms with Crippen LogP contribution in [-0.4, -0.2) is 31.0 Å². The van der Waals surface area contributed by atoms with Crippen LogP contribution < -0.4 is 10.1 Å². The maximum Gasteiger partial charge on any atom is 0.255 e. The molecule has 1 heterocycles. The van der Waals surface area contributed by atoms with E-state index < -0.39 is 0 Å². The third-order valence-corrected chi connectivity index (χ3v) is 4.97. The lowest BCUT2D eigenvalue weighted by Crippen LogP contribution is -2.26. The SMILES string of the molecule is CN1CCc2ccc(NC(=O)c3ccc(OCC4CC4)cc3)cc2C1. The van der Waals surface area contributed by atoms with Gasteiger partial charge in [-0.25, -0.2) is 0 Å². The smallest absolute Gasteiger partial charge is 0.255 e. The Balaban J connectivity index is 1.40. The molecule has 0 spiro atoms. The number of hydrogen-bond acceptors (Lipinski definition) is 3. The van der Waals surface area contributed by atoms with Crippen molar-refractivity contribution in [2.75, 3.05) is 25.5 Å². The van der Waals surface area contributed by atoms with E-state index in [2.05, 4.69) is 29.4 Å². The number of fused-ring (bicyclic) bond motifs is 1. The molecule has 1 amide bonds. The maximum atomic E-state index is 12.5. The first kappa shape index (κ1) is 16.2. The predicted octanol–water partition coefficient (Wildman–Crippen LogP) is 3.72. The van der Waals surface area contributed by atoms with Crippen molar-refractivity contribution >= 4 is 11.6 Å². The number of ether oxygens (including phenoxy) is 1. The number of nitrogens with one attached hydrogen (secondary N) is 1. The Kier molecular flexibility index (Phi) is 4.45. The quantitative estimate of drug-likeness (QED) is 0.905. The first-order chi connectivity index (χ1) is 12.2. The molecule has 0 unspecified atom stereocenters. The van der Waals surface area contributed by atoms with Gasteiger partial charge in [0.2, 0.25) is 0 Å². The lowest BCUT2D eigenvalue weighted by Gasteiger charge is -2.25. The third-order valence-electron chi connectivity index (χ3n) is 4.97. The fourth-order valence-corrected chi connectivity index (χ4v) is 3.18. The second-order valence-corrected chi connectivity index (χ2v) is 7.20. The van der Waals surface area contributed by atoms with Crippen LogP contribution in [0.15, 0.2) is 42.5 Å². The maximum absolute atomic E-state index is 12.5. The first-order valence-corrected chi connectivity index (χ1v) is 9.02. The van der Waals surface area contributed by atoms with E-state index >= 15 is 0 Å². The second-order valence-electron chi connectivity index (χ2n) is 7.20. The van der Waals surface area contributed by atoms with Gasteiger partial charge in [-0.15, -0.1) is 0 Å². The van der Waals surface area contributed by atoms with Crippen LogP contribution in [0.5, 0.6) is 5.75 Å². The minimum atomic E-state index is -0.0853. The van der Waals surface area contributed by atoms with Crippen molar-refractivity contribution in [1.82, 2.24) is 4.90 Å². The summed E-state index contributed by atoms with van der Waals surface area (Å²) in [7, 11) is 2.13. The van der Waals surface area contributed by atoms with Gasteiger partial charge < -0.3 is 15.0 Å². The van der Waals surface area contributed by atoms with Crippen LogP contribution >= 0.6 is 0 Å². The number of anilines is 1. The van der Waals surface area contributed by atoms with Crippen LogP contribution in [-0.2, 0) is 13.0 Å². The summed E-state index contributed by atoms with van der Waals surface area (Å²) >= 11 is 0. The van der Waals surface area contributed by atoms with Gasteiger partial charge in [-0.3, -0.25) is 4.79 Å². The molecule has 130 valence electrons. The molecule has 1 aliphatic heterocycles. The van der Waals surface area contributed by atoms with Crippen molar-refractivity contribution in [2.45, 2.75) is 25.8 Å². The van der Waals surface area contributed by atoms with Crippen LogP contribution in [0.25, 0.3) is 0 Å². The highest BCUT2D eigenvalue weighted by molar-refractivity contribution is 6.04. The van der Waals surface area contributed by atoms with Crippen molar-refractivity contribution in [3.05, 3.63) is 59.2 Å². The number of nitrogens with zero attached hydrogens (tertiary/aromatic N) is 1. The summed E-state index contributed by atoms with van der Waals surface area (Å²) in [5.41, 5.74) is 4.19. The Morgan fingerprint density at radius 3 is 2.72 bits per heavy atom. The highest BCUT2D eigenvalue weighted by Crippen LogP contribution is 2.29. The summed E-state index contributed by atoms with van der Waals surface area (Å²) in [5.74, 6) is 1.48. The number of hydrogen-bond donors (Lipinski definition) is 1. The zero-order chi connectivity index (χ0) is 17.2. The molecule has 4 rings (SSSR count). The van der Waals surface area contributed by atoms with Crippen LogP contribution in [0, 0.1) is 5.92 Å². The molecule has 2 aliphatic rings. The van der Waals surface area contributed by atoms with Crippen molar-refractivity contribution in [3.8, 4) is 5.75 Å². The highest BCUT2D eigenvalue weighted by Gasteiger charge is 2.22. The van der Waals surface area contributed by atoms with Crippen LogP contribution in [0.3, 0.4) is 0 Å². The van der Waals surface area contributed by atoms with E-state index in [1.807, 2.05) is 30.3 Å². The molecule has 0 saturated heterocycles. The number of carbonyl (C=O) groups excluding carboxylic acids is 1. The summed E-state index contributed by atoms with van der Waals surface area (Å²) in [6, 6.07) is 13.6. The Hall–Kier alpha value is -2.33. The van der Waals surface area contributed by atoms with E-state index in [0.29, 0.717) is 5.56 Å². The molecule has 0 bridgehead atoms. The predicted molar refractivity (Wildman–Crippen MR) is 99.1 cm³/mol. The van der Waals surface area contributed by atoms with E-state index in [1.165, 1.54) is 24.0 Å². The Morgan fingerprint density at radius 1 is 1.16 bits per heavy atom. The second kappa shape index (κ2) is 6.89. The Bertz CT molecular complexity index is 766. The molecular formula is C21H24N2O2. The molecule has 4 heteroatoms. The summed E-state index contributed by atoms with van der Waals surface area (Å²) in [4.78, 5) is 14.8. The molecule has 2 aromatic carbocycles. The van der Waals surface area contributed by atoms with Gasteiger partial charge >= 0.3 is 0 Å². The van der Waals surface area contributed by atoms with E-state index in [4.69, 9.17) is 4.74 Å². The van der Waals surface area contributed by atoms with Gasteiger partial charge in [0.25, 0.3) is 5.91 Å². The van der Waals surface area contributed by atoms with Gasteiger partial charge in [-0.1, -0.05) is 6.07 Å². The third kappa shape index (κ3) is 4.02. The average Bonchev–Trinajstić information content (AvgIpc) is 3.44. The van der Waals surface area contributed by atoms with Gasteiger partial charge in [-0.2, -0.15) is 0 Å². The lowest BCUT2D eigenvalue weighted by molar-refractivity contribution is 0.102. The largest absolute Gasteiger partial charge is 0.493 e. The molecule has 2 aromatic rings. The van der Waals surface area contributed by atoms with Gasteiger partial charge in [0.05, 0.1) is 6.61 Å². The molecule has 1 saturated carbocycles. The fourth-order valence-electron chi connectivity index (χ4n) is 3.18. The lowest BCUT2D eigenvalue weighted by atomic mass is 9.99. The van der Waals surface area contributed by atoms with Gasteiger partial charge in [0, 0.05) is 24.3 Å². The van der Waals surface area contributed by atoms with E-state index in [0.717, 1.165) is 43.5 Å². The molecule has 1 fully saturated rings. The molecule has 0 aromatic heterocycles. The topological polar surface area (TPSA) is 41.6 Å². The first-order valence-electron chi connectivity index (χ1n) is 9.02. The molecule has 1 aliphatic carbocycles. The summed E-state index contributed by atoms with van der Waals surface area (Å²) in [6.07, 6.45) is 3.62. The number of benzene rings is 2. The number of carbonyl (C=O) groups is 1. The normalized spacial score (nSPS) is 17.0. The van der Waals surface area contributed by atoms with E-state index in [-0.39, 0.29) is 5.91 Å². The number of likely N-dealkylation sites (N-methyl/N-ethyl adjacent to an activating group) is 1. The molecular weight excluding hydrogens is 312 g/mol. The zero-order valence-corrected chi connectivity index (χ0v) is 14.6. The van der Waals surface area contributed by atoms with Gasteiger partial charge in [0.15, 0.2) is 0 Å². The number of rotatable bonds is 5. The van der Waals surface area contributed by atoms with E-state index in [9.17, 15) is 4.79 Å². The van der Waals surface area contributed by atoms with Crippen LogP contribution in [0.4, 0.5) is 5.69 Å². The Morgan fingerprint density at radius 2 is 1.96 bits per heavy atom. The molecule has 25 heavy (non-hydrogen) atoms. The molecule has 4 nitrogen and oxygen atoms in total. The summed E-state index contributed by atoms with van der Waals surface area (Å²) in [6.45, 7) is 2.81. The standard InChI is InChI=1S/C21H24N2O2/c1-23-11-10-16-4-7-19(12-18(16)13-23)22-21(24)17-5-8-20(9-6-17)25-14-15-2-3-15/h4-9,12,15H,2-3,10-11,13-14H2,1H3,(H,22,24). The number of amides is 1. The minimum Gasteiger partial charge on any atom is -0.493 e. The van der Waals surface area contributed by atoms with Crippen LogP contribution in [0.1, 0.15) is 34.3 Å². The van der Waals surface area contributed by atoms with Crippen molar-refractivity contribution < 1.29 is 9.53 Å². The summed E-state index contributed by atoms with van der Waals surface area (Å²) in [5, 5.41) is 3.00. The molecule has 1 N–H and O–H groups in total. The van der Waals surface area contributed by atoms with Crippen molar-refractivity contribution in [2.24, 2.45) is 5.92 Å². The molecule has 0 atom stereocenters. The van der Waals surface area contributed by atoms with Crippen molar-refractivity contribution in [1.29, 1.82) is 0 Å². The van der Waals surface area contributed by atoms with Gasteiger partial charge in [-0.05, 0) is 79.8 Å². The van der Waals surface area contributed by atoms with E-state index in [1.54, 1.807) is 0 Å². The molecule has 0 radical (unpaired) electrons. The Labute approximate surface area is 148 Å². The van der Waals surface area contributed by atoms with Crippen LogP contribution in [0.2, 0.25) is 0 Å². The summed E-state index contributed by atoms with van der Waals surface area (Å²) < 4.78 is 5.72. The fraction of sp³-hybridized carbons (Fsp3) is 0.381. The highest BCUT2D eigenvalue weighted by atomic mass is 16.5. The van der Waals surface area contributed by atoms with Crippen molar-refractivity contribution in [3.63, 3.8) is 0 Å². The van der Waals surface area contributed by atoms with Gasteiger partial charge in [0.1, 0.15) is 5.75 Å². The zero-order valence-electron chi connectivity index (χ0n) is 14.6.